The monoisotopic (exact) mass is 430 g/mol. The molecule has 0 aliphatic carbocycles. The quantitative estimate of drug-likeness (QED) is 0.278. The van der Waals surface area contributed by atoms with Crippen LogP contribution < -0.4 is 4.74 Å². The summed E-state index contributed by atoms with van der Waals surface area (Å²) in [5.74, 6) is -0.0577. The normalized spacial score (nSPS) is 18.4. The van der Waals surface area contributed by atoms with Crippen LogP contribution in [-0.4, -0.2) is 54.5 Å². The molecular weight excluding hydrogens is 407 g/mol. The van der Waals surface area contributed by atoms with Gasteiger partial charge in [-0.05, 0) is 57.6 Å². The van der Waals surface area contributed by atoms with Gasteiger partial charge in [0.15, 0.2) is 11.0 Å². The Labute approximate surface area is 180 Å². The first-order chi connectivity index (χ1) is 14.6. The molecule has 0 unspecified atom stereocenters. The van der Waals surface area contributed by atoms with Gasteiger partial charge in [-0.3, -0.25) is 9.89 Å². The lowest BCUT2D eigenvalue weighted by atomic mass is 9.95. The Morgan fingerprint density at radius 3 is 2.67 bits per heavy atom. The molecule has 6 nitrogen and oxygen atoms in total. The lowest BCUT2D eigenvalue weighted by Crippen LogP contribution is -2.42. The van der Waals surface area contributed by atoms with Crippen molar-refractivity contribution in [3.05, 3.63) is 53.1 Å². The summed E-state index contributed by atoms with van der Waals surface area (Å²) in [6, 6.07) is 9.12. The number of para-hydroxylation sites is 1. The Balaban J connectivity index is 1.55. The van der Waals surface area contributed by atoms with E-state index in [9.17, 15) is 4.39 Å². The van der Waals surface area contributed by atoms with Gasteiger partial charge in [-0.15, -0.1) is 0 Å². The number of hydrogen-bond donors (Lipinski definition) is 0. The molecule has 2 aliphatic heterocycles. The molecule has 2 aliphatic rings. The topological polar surface area (TPSA) is 59.3 Å². The van der Waals surface area contributed by atoms with E-state index >= 15 is 0 Å². The van der Waals surface area contributed by atoms with E-state index in [1.807, 2.05) is 18.2 Å². The predicted molar refractivity (Wildman–Crippen MR) is 116 cm³/mol. The predicted octanol–water partition coefficient (Wildman–Crippen LogP) is 4.63. The summed E-state index contributed by atoms with van der Waals surface area (Å²) in [7, 11) is 0. The smallest absolute Gasteiger partial charge is 0.228 e. The van der Waals surface area contributed by atoms with Gasteiger partial charge in [-0.25, -0.2) is 14.4 Å². The number of fused-ring (bicyclic) bond motifs is 1. The fraction of sp³-hybridized carbons (Fsp3) is 0.409. The van der Waals surface area contributed by atoms with Crippen molar-refractivity contribution in [2.75, 3.05) is 26.4 Å². The molecule has 2 fully saturated rings. The number of benzene rings is 1. The molecular formula is C22H24ClFN4O2. The summed E-state index contributed by atoms with van der Waals surface area (Å²) in [6.45, 7) is 6.42. The Kier molecular flexibility index (Phi) is 6.41. The van der Waals surface area contributed by atoms with E-state index in [4.69, 9.17) is 21.1 Å². The van der Waals surface area contributed by atoms with Crippen LogP contribution >= 0.6 is 11.6 Å². The first-order valence-electron chi connectivity index (χ1n) is 10.0. The molecule has 4 rings (SSSR count). The lowest BCUT2D eigenvalue weighted by Gasteiger charge is -2.31. The molecule has 1 aromatic heterocycles. The molecule has 8 heteroatoms. The highest BCUT2D eigenvalue weighted by molar-refractivity contribution is 6.30. The third-order valence-corrected chi connectivity index (χ3v) is 6.04. The molecule has 2 aromatic rings. The van der Waals surface area contributed by atoms with Gasteiger partial charge in [0, 0.05) is 11.7 Å². The number of pyridine rings is 1. The third-order valence-electron chi connectivity index (χ3n) is 5.78. The summed E-state index contributed by atoms with van der Waals surface area (Å²) in [4.78, 5) is 14.6. The van der Waals surface area contributed by atoms with Gasteiger partial charge in [-0.1, -0.05) is 29.8 Å². The van der Waals surface area contributed by atoms with Crippen molar-refractivity contribution in [3.8, 4) is 5.75 Å². The van der Waals surface area contributed by atoms with Gasteiger partial charge < -0.3 is 9.47 Å². The van der Waals surface area contributed by atoms with E-state index in [-0.39, 0.29) is 34.6 Å². The van der Waals surface area contributed by atoms with E-state index in [1.165, 1.54) is 19.0 Å². The first-order valence-corrected chi connectivity index (χ1v) is 10.4. The van der Waals surface area contributed by atoms with Crippen molar-refractivity contribution in [3.63, 3.8) is 0 Å². The highest BCUT2D eigenvalue weighted by atomic mass is 35.5. The summed E-state index contributed by atoms with van der Waals surface area (Å²) in [5, 5.41) is -0.280. The third kappa shape index (κ3) is 4.24. The number of rotatable bonds is 7. The molecule has 0 amide bonds. The van der Waals surface area contributed by atoms with Crippen molar-refractivity contribution >= 4 is 29.9 Å². The van der Waals surface area contributed by atoms with Crippen molar-refractivity contribution < 1.29 is 13.9 Å². The molecule has 0 radical (unpaired) electrons. The van der Waals surface area contributed by atoms with Crippen LogP contribution in [0.5, 0.6) is 5.75 Å². The highest BCUT2D eigenvalue weighted by Gasteiger charge is 2.44. The Morgan fingerprint density at radius 1 is 1.23 bits per heavy atom. The van der Waals surface area contributed by atoms with Gasteiger partial charge in [0.25, 0.3) is 0 Å². The number of aliphatic imine (C=N–C) groups is 2. The Morgan fingerprint density at radius 2 is 1.97 bits per heavy atom. The van der Waals surface area contributed by atoms with Crippen LogP contribution in [0.3, 0.4) is 0 Å². The zero-order chi connectivity index (χ0) is 21.0. The van der Waals surface area contributed by atoms with Gasteiger partial charge in [0.2, 0.25) is 5.90 Å². The van der Waals surface area contributed by atoms with Crippen LogP contribution in [0.1, 0.15) is 31.2 Å². The average Bonchev–Trinajstić information content (AvgIpc) is 3.33. The summed E-state index contributed by atoms with van der Waals surface area (Å²) in [5.41, 5.74) is 0.347. The van der Waals surface area contributed by atoms with Crippen molar-refractivity contribution in [2.24, 2.45) is 9.98 Å². The number of halogens is 2. The van der Waals surface area contributed by atoms with Crippen LogP contribution in [0.2, 0.25) is 5.15 Å². The van der Waals surface area contributed by atoms with Crippen molar-refractivity contribution in [1.82, 2.24) is 9.88 Å². The number of ether oxygens (including phenoxy) is 2. The maximum Gasteiger partial charge on any atom is 0.228 e. The Hall–Kier alpha value is -2.35. The van der Waals surface area contributed by atoms with E-state index in [0.717, 1.165) is 25.9 Å². The SMILES string of the molecule is C=Nc1c(/C(=N\COCC23CCCN2CCC3)Oc2ccccc2)cnc(Cl)c1F. The fourth-order valence-electron chi connectivity index (χ4n) is 4.34. The molecule has 0 atom stereocenters. The summed E-state index contributed by atoms with van der Waals surface area (Å²) in [6.07, 6.45) is 6.10. The van der Waals surface area contributed by atoms with Crippen LogP contribution in [-0.2, 0) is 4.74 Å². The molecule has 30 heavy (non-hydrogen) atoms. The second-order valence-electron chi connectivity index (χ2n) is 7.56. The molecule has 158 valence electrons. The summed E-state index contributed by atoms with van der Waals surface area (Å²) < 4.78 is 26.3. The second-order valence-corrected chi connectivity index (χ2v) is 7.92. The fourth-order valence-corrected chi connectivity index (χ4v) is 4.48. The first kappa shape index (κ1) is 20.9. The maximum absolute atomic E-state index is 14.4. The standard InChI is InChI=1S/C22H24ClFN4O2/c1-25-19-17(13-26-20(23)18(19)24)21(30-16-7-3-2-4-8-16)27-15-29-14-22-9-5-11-28(22)12-6-10-22/h2-4,7-8,13H,1,5-6,9-12,14-15H2/b27-21+. The number of hydrogen-bond acceptors (Lipinski definition) is 6. The molecule has 0 bridgehead atoms. The minimum absolute atomic E-state index is 0.0546. The lowest BCUT2D eigenvalue weighted by molar-refractivity contribution is 0.0388. The van der Waals surface area contributed by atoms with Crippen LogP contribution in [0.15, 0.2) is 46.5 Å². The molecule has 0 spiro atoms. The van der Waals surface area contributed by atoms with Crippen LogP contribution in [0, 0.1) is 5.82 Å². The molecule has 0 saturated carbocycles. The largest absolute Gasteiger partial charge is 0.439 e. The maximum atomic E-state index is 14.4. The number of aromatic nitrogens is 1. The average molecular weight is 431 g/mol. The molecule has 0 N–H and O–H groups in total. The molecule has 1 aromatic carbocycles. The number of nitrogens with zero attached hydrogens (tertiary/aromatic N) is 4. The minimum atomic E-state index is -0.763. The highest BCUT2D eigenvalue weighted by Crippen LogP contribution is 2.38. The van der Waals surface area contributed by atoms with E-state index < -0.39 is 5.82 Å². The molecule has 2 saturated heterocycles. The zero-order valence-corrected chi connectivity index (χ0v) is 17.4. The molecule has 3 heterocycles. The second kappa shape index (κ2) is 9.20. The minimum Gasteiger partial charge on any atom is -0.439 e. The van der Waals surface area contributed by atoms with Gasteiger partial charge in [0.1, 0.15) is 18.2 Å². The Bertz CT molecular complexity index is 928. The van der Waals surface area contributed by atoms with Crippen molar-refractivity contribution in [1.29, 1.82) is 0 Å². The van der Waals surface area contributed by atoms with Crippen LogP contribution in [0.25, 0.3) is 0 Å². The van der Waals surface area contributed by atoms with E-state index in [0.29, 0.717) is 12.4 Å². The van der Waals surface area contributed by atoms with Gasteiger partial charge >= 0.3 is 0 Å². The van der Waals surface area contributed by atoms with E-state index in [2.05, 4.69) is 26.6 Å². The summed E-state index contributed by atoms with van der Waals surface area (Å²) >= 11 is 5.80. The van der Waals surface area contributed by atoms with Gasteiger partial charge in [-0.2, -0.15) is 0 Å². The van der Waals surface area contributed by atoms with Gasteiger partial charge in [0.05, 0.1) is 12.2 Å². The van der Waals surface area contributed by atoms with E-state index in [1.54, 1.807) is 12.1 Å². The zero-order valence-electron chi connectivity index (χ0n) is 16.7. The van der Waals surface area contributed by atoms with Crippen LogP contribution in [0.4, 0.5) is 10.1 Å². The van der Waals surface area contributed by atoms with Crippen molar-refractivity contribution in [2.45, 2.75) is 31.2 Å².